The number of Topliss-reactive ketones (excluding diaryl/α,β-unsaturated/α-hetero) is 1. The Labute approximate surface area is 86.7 Å². The van der Waals surface area contributed by atoms with Gasteiger partial charge in [0.25, 0.3) is 0 Å². The molecule has 1 aromatic rings. The molecule has 6 heteroatoms. The number of rotatable bonds is 2. The van der Waals surface area contributed by atoms with Crippen LogP contribution in [0.15, 0.2) is 23.1 Å². The lowest BCUT2D eigenvalue weighted by Crippen LogP contribution is -2.16. The molecule has 0 spiro atoms. The van der Waals surface area contributed by atoms with E-state index in [1.165, 1.54) is 25.1 Å². The summed E-state index contributed by atoms with van der Waals surface area (Å²) in [7, 11) is -3.91. The molecule has 1 rings (SSSR count). The van der Waals surface area contributed by atoms with Crippen molar-refractivity contribution in [3.8, 4) is 0 Å². The van der Waals surface area contributed by atoms with Crippen LogP contribution < -0.4 is 5.14 Å². The van der Waals surface area contributed by atoms with Gasteiger partial charge in [-0.2, -0.15) is 0 Å². The van der Waals surface area contributed by atoms with E-state index in [1.807, 2.05) is 0 Å². The van der Waals surface area contributed by atoms with Crippen molar-refractivity contribution in [1.29, 1.82) is 0 Å². The van der Waals surface area contributed by atoms with E-state index >= 15 is 0 Å². The van der Waals surface area contributed by atoms with Gasteiger partial charge < -0.3 is 0 Å². The maximum Gasteiger partial charge on any atom is 0.238 e. The lowest BCUT2D eigenvalue weighted by atomic mass is 10.1. The maximum atomic E-state index is 11.1. The van der Waals surface area contributed by atoms with Gasteiger partial charge in [0.2, 0.25) is 10.0 Å². The lowest BCUT2D eigenvalue weighted by molar-refractivity contribution is 0.101. The Morgan fingerprint density at radius 3 is 2.36 bits per heavy atom. The van der Waals surface area contributed by atoms with Crippen molar-refractivity contribution in [2.24, 2.45) is 5.14 Å². The van der Waals surface area contributed by atoms with Crippen molar-refractivity contribution in [3.05, 3.63) is 28.8 Å². The Bertz CT molecular complexity index is 481. The second-order valence-corrected chi connectivity index (χ2v) is 4.65. The fourth-order valence-electron chi connectivity index (χ4n) is 1.08. The summed E-state index contributed by atoms with van der Waals surface area (Å²) in [6.45, 7) is 1.23. The molecule has 0 aliphatic carbocycles. The van der Waals surface area contributed by atoms with Crippen LogP contribution >= 0.6 is 11.6 Å². The van der Waals surface area contributed by atoms with Crippen LogP contribution in [-0.4, -0.2) is 14.2 Å². The zero-order valence-electron chi connectivity index (χ0n) is 7.32. The fourth-order valence-corrected chi connectivity index (χ4v) is 2.25. The number of carbonyl (C=O) groups is 1. The molecule has 14 heavy (non-hydrogen) atoms. The quantitative estimate of drug-likeness (QED) is 0.780. The summed E-state index contributed by atoms with van der Waals surface area (Å²) >= 11 is 5.69. The van der Waals surface area contributed by atoms with Gasteiger partial charge in [-0.3, -0.25) is 4.79 Å². The number of ketones is 1. The first kappa shape index (κ1) is 11.2. The molecule has 0 fully saturated rings. The standard InChI is InChI=1S/C8H8ClNO3S/c1-5(11)8-6(9)3-2-4-7(8)14(10,12)13/h2-4H,1H3,(H2,10,12,13). The van der Waals surface area contributed by atoms with E-state index in [4.69, 9.17) is 16.7 Å². The minimum Gasteiger partial charge on any atom is -0.294 e. The highest BCUT2D eigenvalue weighted by Crippen LogP contribution is 2.23. The highest BCUT2D eigenvalue weighted by molar-refractivity contribution is 7.89. The number of hydrogen-bond acceptors (Lipinski definition) is 3. The highest BCUT2D eigenvalue weighted by atomic mass is 35.5. The first-order valence-electron chi connectivity index (χ1n) is 3.66. The van der Waals surface area contributed by atoms with Gasteiger partial charge in [0.1, 0.15) is 0 Å². The zero-order valence-corrected chi connectivity index (χ0v) is 8.89. The van der Waals surface area contributed by atoms with E-state index in [0.717, 1.165) is 0 Å². The number of sulfonamides is 1. The lowest BCUT2D eigenvalue weighted by Gasteiger charge is -2.05. The molecule has 2 N–H and O–H groups in total. The fraction of sp³-hybridized carbons (Fsp3) is 0.125. The van der Waals surface area contributed by atoms with Gasteiger partial charge in [-0.05, 0) is 19.1 Å². The molecule has 1 aromatic carbocycles. The first-order valence-corrected chi connectivity index (χ1v) is 5.58. The topological polar surface area (TPSA) is 77.2 Å². The van der Waals surface area contributed by atoms with Crippen molar-refractivity contribution in [2.75, 3.05) is 0 Å². The maximum absolute atomic E-state index is 11.1. The number of hydrogen-bond donors (Lipinski definition) is 1. The molecule has 0 saturated carbocycles. The zero-order chi connectivity index (χ0) is 10.9. The van der Waals surface area contributed by atoms with E-state index in [0.29, 0.717) is 0 Å². The Morgan fingerprint density at radius 2 is 2.00 bits per heavy atom. The normalized spacial score (nSPS) is 11.4. The van der Waals surface area contributed by atoms with E-state index < -0.39 is 15.8 Å². The van der Waals surface area contributed by atoms with Gasteiger partial charge in [0.05, 0.1) is 15.5 Å². The number of primary sulfonamides is 1. The van der Waals surface area contributed by atoms with Crippen LogP contribution in [-0.2, 0) is 10.0 Å². The molecule has 0 amide bonds. The van der Waals surface area contributed by atoms with Gasteiger partial charge in [0.15, 0.2) is 5.78 Å². The average molecular weight is 234 g/mol. The third kappa shape index (κ3) is 2.12. The minimum atomic E-state index is -3.91. The smallest absolute Gasteiger partial charge is 0.238 e. The van der Waals surface area contributed by atoms with E-state index in [1.54, 1.807) is 0 Å². The molecule has 76 valence electrons. The third-order valence-corrected chi connectivity index (χ3v) is 2.90. The molecule has 0 unspecified atom stereocenters. The molecule has 0 aliphatic rings. The minimum absolute atomic E-state index is 0.0586. The highest BCUT2D eigenvalue weighted by Gasteiger charge is 2.19. The molecular weight excluding hydrogens is 226 g/mol. The molecular formula is C8H8ClNO3S. The SMILES string of the molecule is CC(=O)c1c(Cl)cccc1S(N)(=O)=O. The molecule has 0 heterocycles. The summed E-state index contributed by atoms with van der Waals surface area (Å²) < 4.78 is 22.2. The second-order valence-electron chi connectivity index (χ2n) is 2.71. The number of benzene rings is 1. The van der Waals surface area contributed by atoms with Crippen molar-refractivity contribution in [3.63, 3.8) is 0 Å². The van der Waals surface area contributed by atoms with E-state index in [-0.39, 0.29) is 15.5 Å². The molecule has 0 aliphatic heterocycles. The molecule has 0 atom stereocenters. The van der Waals surface area contributed by atoms with Crippen LogP contribution in [0.3, 0.4) is 0 Å². The number of nitrogens with two attached hydrogens (primary N) is 1. The van der Waals surface area contributed by atoms with Gasteiger partial charge in [-0.15, -0.1) is 0 Å². The Kier molecular flexibility index (Phi) is 2.94. The first-order chi connectivity index (χ1) is 6.34. The van der Waals surface area contributed by atoms with Gasteiger partial charge in [-0.1, -0.05) is 17.7 Å². The monoisotopic (exact) mass is 233 g/mol. The molecule has 0 bridgehead atoms. The van der Waals surface area contributed by atoms with Crippen molar-refractivity contribution in [1.82, 2.24) is 0 Å². The Morgan fingerprint density at radius 1 is 1.43 bits per heavy atom. The van der Waals surface area contributed by atoms with Crippen molar-refractivity contribution < 1.29 is 13.2 Å². The summed E-state index contributed by atoms with van der Waals surface area (Å²) in [5.41, 5.74) is -0.0586. The molecule has 0 radical (unpaired) electrons. The average Bonchev–Trinajstić information content (AvgIpc) is 2.01. The predicted molar refractivity (Wildman–Crippen MR) is 52.8 cm³/mol. The van der Waals surface area contributed by atoms with Crippen LogP contribution in [0.2, 0.25) is 5.02 Å². The Balaban J connectivity index is 3.61. The van der Waals surface area contributed by atoms with E-state index in [2.05, 4.69) is 0 Å². The largest absolute Gasteiger partial charge is 0.294 e. The van der Waals surface area contributed by atoms with Crippen LogP contribution in [0.4, 0.5) is 0 Å². The summed E-state index contributed by atoms with van der Waals surface area (Å²) in [4.78, 5) is 10.9. The summed E-state index contributed by atoms with van der Waals surface area (Å²) in [6.07, 6.45) is 0. The number of carbonyl (C=O) groups excluding carboxylic acids is 1. The molecule has 4 nitrogen and oxygen atoms in total. The van der Waals surface area contributed by atoms with Crippen molar-refractivity contribution in [2.45, 2.75) is 11.8 Å². The van der Waals surface area contributed by atoms with Crippen LogP contribution in [0.25, 0.3) is 0 Å². The van der Waals surface area contributed by atoms with Crippen molar-refractivity contribution >= 4 is 27.4 Å². The second kappa shape index (κ2) is 3.68. The summed E-state index contributed by atoms with van der Waals surface area (Å²) in [6, 6.07) is 4.11. The van der Waals surface area contributed by atoms with Crippen LogP contribution in [0, 0.1) is 0 Å². The predicted octanol–water partition coefficient (Wildman–Crippen LogP) is 1.19. The van der Waals surface area contributed by atoms with E-state index in [9.17, 15) is 13.2 Å². The molecule has 0 aromatic heterocycles. The molecule has 0 saturated heterocycles. The number of halogens is 1. The van der Waals surface area contributed by atoms with Gasteiger partial charge in [-0.25, -0.2) is 13.6 Å². The Hall–Kier alpha value is -0.910. The summed E-state index contributed by atoms with van der Waals surface area (Å²) in [5, 5.41) is 5.01. The summed E-state index contributed by atoms with van der Waals surface area (Å²) in [5.74, 6) is -0.431. The van der Waals surface area contributed by atoms with Crippen LogP contribution in [0.5, 0.6) is 0 Å². The van der Waals surface area contributed by atoms with Gasteiger partial charge >= 0.3 is 0 Å². The van der Waals surface area contributed by atoms with Gasteiger partial charge in [0, 0.05) is 0 Å². The van der Waals surface area contributed by atoms with Crippen LogP contribution in [0.1, 0.15) is 17.3 Å². The third-order valence-electron chi connectivity index (χ3n) is 1.63.